The van der Waals surface area contributed by atoms with Crippen LogP contribution in [-0.4, -0.2) is 0 Å². The first-order valence-electron chi connectivity index (χ1n) is 10.7. The zero-order valence-electron chi connectivity index (χ0n) is 19.7. The molecule has 2 aliphatic heterocycles. The van der Waals surface area contributed by atoms with Crippen molar-refractivity contribution in [3.63, 3.8) is 0 Å². The molecular weight excluding hydrogens is 360 g/mol. The summed E-state index contributed by atoms with van der Waals surface area (Å²) < 4.78 is 18.9. The Balaban J connectivity index is 0.00000117. The first-order chi connectivity index (χ1) is 13.4. The summed E-state index contributed by atoms with van der Waals surface area (Å²) in [6, 6.07) is 8.79. The molecule has 3 nitrogen and oxygen atoms in total. The second-order valence-electron chi connectivity index (χ2n) is 9.96. The average molecular weight is 397 g/mol. The summed E-state index contributed by atoms with van der Waals surface area (Å²) in [5.74, 6) is 1.79. The van der Waals surface area contributed by atoms with Gasteiger partial charge in [0, 0.05) is 0 Å². The van der Waals surface area contributed by atoms with Gasteiger partial charge in [0.1, 0.15) is 11.5 Å². The van der Waals surface area contributed by atoms with Gasteiger partial charge in [0.05, 0.1) is 11.1 Å². The van der Waals surface area contributed by atoms with Gasteiger partial charge in [-0.2, -0.15) is 0 Å². The first kappa shape index (κ1) is 21.7. The molecule has 158 valence electrons. The van der Waals surface area contributed by atoms with Gasteiger partial charge in [0.15, 0.2) is 0 Å². The Bertz CT molecular complexity index is 838. The molecule has 0 spiro atoms. The molecule has 2 bridgehead atoms. The van der Waals surface area contributed by atoms with E-state index in [1.807, 2.05) is 13.8 Å². The summed E-state index contributed by atoms with van der Waals surface area (Å²) in [6.45, 7) is 21.5. The van der Waals surface area contributed by atoms with E-state index in [-0.39, 0.29) is 10.8 Å². The van der Waals surface area contributed by atoms with Crippen molar-refractivity contribution in [1.29, 1.82) is 0 Å². The van der Waals surface area contributed by atoms with Crippen molar-refractivity contribution in [1.82, 2.24) is 0 Å². The summed E-state index contributed by atoms with van der Waals surface area (Å²) in [5.41, 5.74) is 6.87. The topological polar surface area (TPSA) is 27.7 Å². The van der Waals surface area contributed by atoms with Crippen molar-refractivity contribution < 1.29 is 14.2 Å². The fourth-order valence-electron chi connectivity index (χ4n) is 3.80. The first-order valence-corrected chi connectivity index (χ1v) is 10.7. The molecule has 0 saturated carbocycles. The summed E-state index contributed by atoms with van der Waals surface area (Å²) in [5, 5.41) is 0. The molecule has 2 unspecified atom stereocenters. The number of benzene rings is 2. The Morgan fingerprint density at radius 2 is 0.966 bits per heavy atom. The fraction of sp³-hybridized carbons (Fsp3) is 0.538. The van der Waals surface area contributed by atoms with Gasteiger partial charge in [-0.15, -0.1) is 0 Å². The van der Waals surface area contributed by atoms with Crippen LogP contribution >= 0.6 is 0 Å². The molecular formula is C26H36O3. The molecule has 2 aromatic carbocycles. The molecule has 0 fully saturated rings. The molecule has 0 amide bonds. The molecule has 0 saturated heterocycles. The maximum atomic E-state index is 6.35. The SMILES string of the molecule is CC.Cc1cc(C(C)(C)C)cc2c1OC1OC2Oc2c(C)cc(C(C)(C)C)cc21. The Labute approximate surface area is 176 Å². The van der Waals surface area contributed by atoms with Gasteiger partial charge < -0.3 is 9.47 Å². The highest BCUT2D eigenvalue weighted by Gasteiger charge is 2.40. The van der Waals surface area contributed by atoms with E-state index in [0.29, 0.717) is 0 Å². The standard InChI is InChI=1S/C24H30O3.C2H6/c1-13-9-15(23(3,4)5)11-17-19(13)25-22-18-12-16(24(6,7)8)10-14(2)20(18)26-21(17)27-22;1-2/h9-12,21-22H,1-8H3;1-2H3. The summed E-state index contributed by atoms with van der Waals surface area (Å²) >= 11 is 0. The molecule has 2 heterocycles. The Morgan fingerprint density at radius 1 is 0.621 bits per heavy atom. The Morgan fingerprint density at radius 3 is 1.28 bits per heavy atom. The average Bonchev–Trinajstić information content (AvgIpc) is 2.63. The third-order valence-corrected chi connectivity index (χ3v) is 5.54. The number of ether oxygens (including phenoxy) is 3. The highest BCUT2D eigenvalue weighted by Crippen LogP contribution is 2.51. The van der Waals surface area contributed by atoms with E-state index in [0.717, 1.165) is 33.8 Å². The molecule has 0 aliphatic carbocycles. The van der Waals surface area contributed by atoms with E-state index in [2.05, 4.69) is 79.7 Å². The second kappa shape index (κ2) is 7.36. The molecule has 2 atom stereocenters. The van der Waals surface area contributed by atoms with Crippen LogP contribution in [0.25, 0.3) is 0 Å². The van der Waals surface area contributed by atoms with Crippen LogP contribution in [0, 0.1) is 13.8 Å². The van der Waals surface area contributed by atoms with E-state index in [4.69, 9.17) is 14.2 Å². The summed E-state index contributed by atoms with van der Waals surface area (Å²) in [7, 11) is 0. The van der Waals surface area contributed by atoms with Gasteiger partial charge in [-0.25, -0.2) is 0 Å². The van der Waals surface area contributed by atoms with Gasteiger partial charge in [-0.05, 0) is 59.1 Å². The highest BCUT2D eigenvalue weighted by atomic mass is 16.8. The number of aryl methyl sites for hydroxylation is 2. The summed E-state index contributed by atoms with van der Waals surface area (Å²) in [4.78, 5) is 0. The predicted octanol–water partition coefficient (Wildman–Crippen LogP) is 7.42. The number of rotatable bonds is 0. The van der Waals surface area contributed by atoms with Crippen LogP contribution in [0.4, 0.5) is 0 Å². The van der Waals surface area contributed by atoms with Crippen LogP contribution in [0.1, 0.15) is 101 Å². The molecule has 29 heavy (non-hydrogen) atoms. The fourth-order valence-corrected chi connectivity index (χ4v) is 3.80. The summed E-state index contributed by atoms with van der Waals surface area (Å²) in [6.07, 6.45) is -0.849. The van der Waals surface area contributed by atoms with E-state index >= 15 is 0 Å². The van der Waals surface area contributed by atoms with E-state index in [9.17, 15) is 0 Å². The lowest BCUT2D eigenvalue weighted by Gasteiger charge is -2.40. The van der Waals surface area contributed by atoms with Crippen LogP contribution in [0.15, 0.2) is 24.3 Å². The maximum absolute atomic E-state index is 6.35. The number of hydrogen-bond donors (Lipinski definition) is 0. The van der Waals surface area contributed by atoms with E-state index in [1.54, 1.807) is 0 Å². The highest BCUT2D eigenvalue weighted by molar-refractivity contribution is 5.53. The molecule has 3 heteroatoms. The molecule has 2 aromatic rings. The zero-order chi connectivity index (χ0) is 21.7. The lowest BCUT2D eigenvalue weighted by Crippen LogP contribution is -2.32. The minimum absolute atomic E-state index is 0.0563. The van der Waals surface area contributed by atoms with Gasteiger partial charge in [-0.3, -0.25) is 4.74 Å². The predicted molar refractivity (Wildman–Crippen MR) is 119 cm³/mol. The van der Waals surface area contributed by atoms with Gasteiger partial charge in [-0.1, -0.05) is 67.5 Å². The zero-order valence-corrected chi connectivity index (χ0v) is 19.7. The largest absolute Gasteiger partial charge is 0.459 e. The molecule has 0 aromatic heterocycles. The van der Waals surface area contributed by atoms with Crippen molar-refractivity contribution in [3.8, 4) is 11.5 Å². The quantitative estimate of drug-likeness (QED) is 0.463. The van der Waals surface area contributed by atoms with E-state index in [1.165, 1.54) is 11.1 Å². The van der Waals surface area contributed by atoms with Crippen LogP contribution in [-0.2, 0) is 15.6 Å². The van der Waals surface area contributed by atoms with Crippen LogP contribution < -0.4 is 9.47 Å². The number of fused-ring (bicyclic) bond motifs is 6. The minimum Gasteiger partial charge on any atom is -0.459 e. The molecule has 4 rings (SSSR count). The van der Waals surface area contributed by atoms with Crippen LogP contribution in [0.5, 0.6) is 11.5 Å². The second-order valence-corrected chi connectivity index (χ2v) is 9.96. The molecule has 0 radical (unpaired) electrons. The van der Waals surface area contributed by atoms with Crippen molar-refractivity contribution in [3.05, 3.63) is 57.6 Å². The smallest absolute Gasteiger partial charge is 0.233 e. The lowest BCUT2D eigenvalue weighted by molar-refractivity contribution is -0.228. The van der Waals surface area contributed by atoms with Gasteiger partial charge in [0.2, 0.25) is 12.6 Å². The number of hydrogen-bond acceptors (Lipinski definition) is 3. The van der Waals surface area contributed by atoms with Gasteiger partial charge in [0.25, 0.3) is 0 Å². The van der Waals surface area contributed by atoms with Gasteiger partial charge >= 0.3 is 0 Å². The minimum atomic E-state index is -0.425. The Kier molecular flexibility index (Phi) is 5.51. The normalized spacial score (nSPS) is 19.8. The van der Waals surface area contributed by atoms with E-state index < -0.39 is 12.6 Å². The third-order valence-electron chi connectivity index (χ3n) is 5.54. The van der Waals surface area contributed by atoms with Crippen LogP contribution in [0.2, 0.25) is 0 Å². The van der Waals surface area contributed by atoms with Crippen molar-refractivity contribution in [2.45, 2.75) is 92.6 Å². The maximum Gasteiger partial charge on any atom is 0.233 e. The monoisotopic (exact) mass is 396 g/mol. The lowest BCUT2D eigenvalue weighted by atomic mass is 9.83. The van der Waals surface area contributed by atoms with Crippen molar-refractivity contribution >= 4 is 0 Å². The van der Waals surface area contributed by atoms with Crippen molar-refractivity contribution in [2.75, 3.05) is 0 Å². The molecule has 0 N–H and O–H groups in total. The van der Waals surface area contributed by atoms with Crippen LogP contribution in [0.3, 0.4) is 0 Å². The Hall–Kier alpha value is -2.00. The molecule has 2 aliphatic rings. The van der Waals surface area contributed by atoms with Crippen molar-refractivity contribution in [2.24, 2.45) is 0 Å². The third kappa shape index (κ3) is 3.90.